The molecule has 4 aromatic heterocycles. The summed E-state index contributed by atoms with van der Waals surface area (Å²) in [5.74, 6) is -0.770. The Morgan fingerprint density at radius 2 is 1.93 bits per heavy atom. The fourth-order valence-electron chi connectivity index (χ4n) is 4.49. The van der Waals surface area contributed by atoms with Gasteiger partial charge in [-0.15, -0.1) is 11.3 Å². The van der Waals surface area contributed by atoms with Gasteiger partial charge in [0.25, 0.3) is 5.56 Å². The Labute approximate surface area is 231 Å². The van der Waals surface area contributed by atoms with Gasteiger partial charge < -0.3 is 4.74 Å². The van der Waals surface area contributed by atoms with Crippen LogP contribution in [0.5, 0.6) is 5.75 Å². The number of nitriles is 1. The predicted molar refractivity (Wildman–Crippen MR) is 141 cm³/mol. The predicted octanol–water partition coefficient (Wildman–Crippen LogP) is 5.21. The van der Waals surface area contributed by atoms with Crippen LogP contribution in [0.2, 0.25) is 5.02 Å². The first-order valence-corrected chi connectivity index (χ1v) is 12.7. The number of benzene rings is 1. The molecule has 1 aromatic carbocycles. The molecule has 0 aliphatic carbocycles. The first kappa shape index (κ1) is 27.4. The number of ether oxygens (including phenoxy) is 1. The molecule has 9 nitrogen and oxygen atoms in total. The Balaban J connectivity index is 1.82. The second-order valence-electron chi connectivity index (χ2n) is 8.69. The van der Waals surface area contributed by atoms with Crippen LogP contribution in [-0.4, -0.2) is 37.2 Å². The molecule has 5 rings (SSSR count). The van der Waals surface area contributed by atoms with Gasteiger partial charge in [-0.1, -0.05) is 11.6 Å². The lowest BCUT2D eigenvalue weighted by Gasteiger charge is -2.12. The summed E-state index contributed by atoms with van der Waals surface area (Å²) in [4.78, 5) is 32.0. The van der Waals surface area contributed by atoms with Crippen LogP contribution >= 0.6 is 22.9 Å². The summed E-state index contributed by atoms with van der Waals surface area (Å²) < 4.78 is 61.5. The maximum Gasteiger partial charge on any atom is 0.408 e. The van der Waals surface area contributed by atoms with E-state index in [1.807, 2.05) is 6.07 Å². The van der Waals surface area contributed by atoms with Crippen molar-refractivity contribution in [3.05, 3.63) is 68.0 Å². The van der Waals surface area contributed by atoms with Crippen LogP contribution in [0, 0.1) is 24.1 Å². The van der Waals surface area contributed by atoms with E-state index in [4.69, 9.17) is 16.3 Å². The maximum atomic E-state index is 14.2. The number of aryl methyl sites for hydroxylation is 2. The van der Waals surface area contributed by atoms with E-state index in [1.54, 1.807) is 0 Å². The fraction of sp³-hybridized carbons (Fsp3) is 0.240. The molecule has 15 heteroatoms. The molecule has 5 aromatic rings. The normalized spacial score (nSPS) is 11.8. The molecule has 40 heavy (non-hydrogen) atoms. The summed E-state index contributed by atoms with van der Waals surface area (Å²) in [6, 6.07) is 5.92. The lowest BCUT2D eigenvalue weighted by molar-refractivity contribution is -0.141. The Morgan fingerprint density at radius 1 is 1.18 bits per heavy atom. The molecule has 0 fully saturated rings. The van der Waals surface area contributed by atoms with E-state index in [-0.39, 0.29) is 56.2 Å². The standard InChI is InChI=1S/C25H17ClF4N6O3S/c1-12-21-17(35(33-12)11-25(28,29)30)9-32-10-18(21)36-23(37)22-16(34(24(36)38)5-3-4-31)8-20(40-22)13-6-19(39-2)15(27)7-14(13)26/h6-10H,3,5,11H2,1-2H3. The number of fused-ring (bicyclic) bond motifs is 2. The second kappa shape index (κ2) is 10.1. The zero-order valence-electron chi connectivity index (χ0n) is 20.7. The van der Waals surface area contributed by atoms with Gasteiger partial charge in [0.15, 0.2) is 11.6 Å². The lowest BCUT2D eigenvalue weighted by Crippen LogP contribution is -2.38. The highest BCUT2D eigenvalue weighted by atomic mass is 35.5. The van der Waals surface area contributed by atoms with E-state index >= 15 is 0 Å². The number of hydrogen-bond acceptors (Lipinski definition) is 7. The molecule has 0 saturated carbocycles. The van der Waals surface area contributed by atoms with E-state index in [2.05, 4.69) is 10.1 Å². The highest BCUT2D eigenvalue weighted by Gasteiger charge is 2.30. The van der Waals surface area contributed by atoms with E-state index in [9.17, 15) is 32.4 Å². The average molecular weight is 593 g/mol. The molecule has 206 valence electrons. The number of rotatable bonds is 6. The SMILES string of the molecule is COc1cc(-c2cc3c(s2)c(=O)n(-c2cncc4c2c(C)nn4CC(F)(F)F)c(=O)n3CCC#N)c(Cl)cc1F. The minimum absolute atomic E-state index is 0.0145. The van der Waals surface area contributed by atoms with Crippen molar-refractivity contribution >= 4 is 44.1 Å². The van der Waals surface area contributed by atoms with E-state index in [0.29, 0.717) is 15.1 Å². The van der Waals surface area contributed by atoms with Gasteiger partial charge in [-0.05, 0) is 25.1 Å². The van der Waals surface area contributed by atoms with Crippen molar-refractivity contribution in [2.75, 3.05) is 7.11 Å². The fourth-order valence-corrected chi connectivity index (χ4v) is 5.92. The summed E-state index contributed by atoms with van der Waals surface area (Å²) in [6.07, 6.45) is -2.27. The number of methoxy groups -OCH3 is 1. The monoisotopic (exact) mass is 592 g/mol. The molecular weight excluding hydrogens is 576 g/mol. The van der Waals surface area contributed by atoms with Crippen LogP contribution < -0.4 is 16.0 Å². The zero-order valence-corrected chi connectivity index (χ0v) is 22.3. The lowest BCUT2D eigenvalue weighted by atomic mass is 10.1. The third-order valence-corrected chi connectivity index (χ3v) is 7.62. The van der Waals surface area contributed by atoms with Crippen LogP contribution in [-0.2, 0) is 13.1 Å². The second-order valence-corrected chi connectivity index (χ2v) is 10.1. The van der Waals surface area contributed by atoms with Gasteiger partial charge in [-0.25, -0.2) is 13.8 Å². The third kappa shape index (κ3) is 4.61. The minimum atomic E-state index is -4.57. The van der Waals surface area contributed by atoms with Crippen molar-refractivity contribution in [1.82, 2.24) is 23.9 Å². The van der Waals surface area contributed by atoms with Crippen molar-refractivity contribution in [2.24, 2.45) is 0 Å². The molecule has 0 N–H and O–H groups in total. The van der Waals surface area contributed by atoms with Gasteiger partial charge in [-0.3, -0.25) is 19.0 Å². The van der Waals surface area contributed by atoms with E-state index < -0.39 is 29.8 Å². The number of alkyl halides is 3. The highest BCUT2D eigenvalue weighted by molar-refractivity contribution is 7.22. The number of hydrogen-bond donors (Lipinski definition) is 0. The van der Waals surface area contributed by atoms with E-state index in [1.165, 1.54) is 43.1 Å². The third-order valence-electron chi connectivity index (χ3n) is 6.16. The van der Waals surface area contributed by atoms with Crippen molar-refractivity contribution in [3.8, 4) is 27.9 Å². The quantitative estimate of drug-likeness (QED) is 0.251. The Kier molecular flexibility index (Phi) is 6.89. The first-order valence-electron chi connectivity index (χ1n) is 11.5. The molecule has 0 saturated heterocycles. The summed E-state index contributed by atoms with van der Waals surface area (Å²) in [6.45, 7) is -0.0128. The Bertz CT molecular complexity index is 1970. The van der Waals surface area contributed by atoms with Gasteiger partial charge in [0.1, 0.15) is 11.2 Å². The minimum Gasteiger partial charge on any atom is -0.494 e. The van der Waals surface area contributed by atoms with Crippen LogP contribution in [0.15, 0.2) is 40.2 Å². The summed E-state index contributed by atoms with van der Waals surface area (Å²) in [5, 5.41) is 13.3. The number of halogens is 5. The first-order chi connectivity index (χ1) is 18.9. The van der Waals surface area contributed by atoms with Crippen LogP contribution in [0.25, 0.3) is 37.2 Å². The molecule has 0 radical (unpaired) electrons. The van der Waals surface area contributed by atoms with Crippen LogP contribution in [0.3, 0.4) is 0 Å². The van der Waals surface area contributed by atoms with Crippen LogP contribution in [0.4, 0.5) is 17.6 Å². The Morgan fingerprint density at radius 3 is 2.60 bits per heavy atom. The molecule has 0 aliphatic rings. The van der Waals surface area contributed by atoms with Crippen LogP contribution in [0.1, 0.15) is 12.1 Å². The average Bonchev–Trinajstić information content (AvgIpc) is 3.45. The van der Waals surface area contributed by atoms with Crippen molar-refractivity contribution < 1.29 is 22.3 Å². The topological polar surface area (TPSA) is 108 Å². The summed E-state index contributed by atoms with van der Waals surface area (Å²) in [5.41, 5.74) is -0.931. The summed E-state index contributed by atoms with van der Waals surface area (Å²) in [7, 11) is 1.28. The maximum absolute atomic E-state index is 14.2. The van der Waals surface area contributed by atoms with Crippen molar-refractivity contribution in [2.45, 2.75) is 32.6 Å². The Hall–Kier alpha value is -4.22. The molecule has 0 unspecified atom stereocenters. The number of pyridine rings is 1. The number of nitrogens with zero attached hydrogens (tertiary/aromatic N) is 6. The molecular formula is C25H17ClF4N6O3S. The van der Waals surface area contributed by atoms with Crippen molar-refractivity contribution in [1.29, 1.82) is 5.26 Å². The molecule has 0 spiro atoms. The molecule has 0 amide bonds. The molecule has 0 atom stereocenters. The van der Waals surface area contributed by atoms with Gasteiger partial charge in [-0.2, -0.15) is 23.5 Å². The number of thiophene rings is 1. The van der Waals surface area contributed by atoms with Gasteiger partial charge >= 0.3 is 11.9 Å². The molecule has 0 bridgehead atoms. The smallest absolute Gasteiger partial charge is 0.408 e. The largest absolute Gasteiger partial charge is 0.494 e. The van der Waals surface area contributed by atoms with E-state index in [0.717, 1.165) is 22.0 Å². The van der Waals surface area contributed by atoms with Crippen molar-refractivity contribution in [3.63, 3.8) is 0 Å². The summed E-state index contributed by atoms with van der Waals surface area (Å²) >= 11 is 7.27. The highest BCUT2D eigenvalue weighted by Crippen LogP contribution is 2.39. The zero-order chi connectivity index (χ0) is 28.9. The van der Waals surface area contributed by atoms with Gasteiger partial charge in [0.2, 0.25) is 0 Å². The van der Waals surface area contributed by atoms with Gasteiger partial charge in [0.05, 0.1) is 64.8 Å². The number of aromatic nitrogens is 5. The molecule has 4 heterocycles. The van der Waals surface area contributed by atoms with Gasteiger partial charge in [0, 0.05) is 17.0 Å². The molecule has 0 aliphatic heterocycles.